The van der Waals surface area contributed by atoms with E-state index in [0.717, 1.165) is 49.4 Å². The van der Waals surface area contributed by atoms with E-state index >= 15 is 0 Å². The average Bonchev–Trinajstić information content (AvgIpc) is 2.88. The van der Waals surface area contributed by atoms with Crippen molar-refractivity contribution in [2.24, 2.45) is 0 Å². The monoisotopic (exact) mass is 761 g/mol. The Morgan fingerprint density at radius 3 is 1.57 bits per heavy atom. The van der Waals surface area contributed by atoms with Crippen LogP contribution in [0.2, 0.25) is 10.3 Å². The van der Waals surface area contributed by atoms with Crippen molar-refractivity contribution in [3.63, 3.8) is 0 Å². The van der Waals surface area contributed by atoms with Gasteiger partial charge in [-0.2, -0.15) is 0 Å². The minimum absolute atomic E-state index is 0. The molecule has 11 nitrogen and oxygen atoms in total. The average molecular weight is 764 g/mol. The van der Waals surface area contributed by atoms with Crippen LogP contribution in [-0.4, -0.2) is 101 Å². The summed E-state index contributed by atoms with van der Waals surface area (Å²) in [6.45, 7) is 17.3. The molecule has 2 N–H and O–H groups in total. The van der Waals surface area contributed by atoms with Crippen molar-refractivity contribution in [2.45, 2.75) is 67.6 Å². The molecule has 2 saturated heterocycles. The number of pyridine rings is 2. The molecule has 0 atom stereocenters. The molecule has 4 heterocycles. The van der Waals surface area contributed by atoms with Gasteiger partial charge in [-0.05, 0) is 65.8 Å². The third-order valence-corrected chi connectivity index (χ3v) is 6.37. The van der Waals surface area contributed by atoms with Crippen LogP contribution in [0.25, 0.3) is 0 Å². The number of aromatic nitrogens is 2. The Hall–Kier alpha value is -1.38. The number of anilines is 1. The van der Waals surface area contributed by atoms with E-state index in [-0.39, 0.29) is 75.1 Å². The molecule has 2 aromatic heterocycles. The molecule has 2 aliphatic rings. The van der Waals surface area contributed by atoms with Gasteiger partial charge < -0.3 is 42.4 Å². The summed E-state index contributed by atoms with van der Waals surface area (Å²) in [5, 5.41) is 4.18. The van der Waals surface area contributed by atoms with Gasteiger partial charge in [0.1, 0.15) is 21.5 Å². The molecule has 260 valence electrons. The standard InChI is InChI=1S/C14H20ClN3O2.C9H18N2O2.C5H3BrClN.2CH4.CH3.Na.H2O/c1-14(2,3)20-13(19)18-8-6-17(7-9-18)11-4-5-16-12(15)10-11;1-9(2,3)13-8(12)11-6-4-10-5-7-11;6-4-1-2-8-5(7)3-4;;;;;/h4-5,10H,6-9H2,1-3H3;10H,4-7H2,1-3H3;1-3H;2*1H4;1H3;;1H2/q;;;;;-1;+1;/p-1. The molecule has 46 heavy (non-hydrogen) atoms. The zero-order chi connectivity index (χ0) is 30.6. The zero-order valence-corrected chi connectivity index (χ0v) is 32.2. The number of amides is 2. The fourth-order valence-corrected chi connectivity index (χ4v) is 4.42. The molecule has 2 aliphatic heterocycles. The van der Waals surface area contributed by atoms with Crippen LogP contribution in [0.3, 0.4) is 0 Å². The number of halogens is 3. The maximum atomic E-state index is 12.0. The van der Waals surface area contributed by atoms with E-state index in [2.05, 4.69) is 36.1 Å². The number of ether oxygens (including phenoxy) is 2. The molecule has 4 rings (SSSR count). The Morgan fingerprint density at radius 2 is 1.20 bits per heavy atom. The molecule has 2 fully saturated rings. The summed E-state index contributed by atoms with van der Waals surface area (Å²) in [6, 6.07) is 7.33. The van der Waals surface area contributed by atoms with Crippen molar-refractivity contribution in [1.29, 1.82) is 0 Å². The first-order valence-corrected chi connectivity index (χ1v) is 15.0. The molecule has 15 heteroatoms. The number of nitrogens with one attached hydrogen (secondary N) is 1. The van der Waals surface area contributed by atoms with Crippen LogP contribution < -0.4 is 39.8 Å². The number of hydrogen-bond donors (Lipinski definition) is 1. The molecule has 0 spiro atoms. The van der Waals surface area contributed by atoms with Gasteiger partial charge in [-0.25, -0.2) is 19.6 Å². The van der Waals surface area contributed by atoms with Gasteiger partial charge in [0.2, 0.25) is 0 Å². The Morgan fingerprint density at radius 1 is 0.783 bits per heavy atom. The SMILES string of the molecule is C.C.CC(C)(C)OC(=O)N1CCN(c2ccnc(Cl)c2)CC1.CC(C)(C)OC(=O)N1CCNCC1.Clc1cc(Br)ccn1.[CH3-].[Na+].[OH-]. The molecule has 0 aromatic carbocycles. The molecular formula is C31H53BrCl2N6NaO5-. The zero-order valence-electron chi connectivity index (χ0n) is 27.1. The third-order valence-electron chi connectivity index (χ3n) is 5.46. The molecule has 0 radical (unpaired) electrons. The molecular weight excluding hydrogens is 710 g/mol. The van der Waals surface area contributed by atoms with Crippen LogP contribution in [0, 0.1) is 7.43 Å². The number of carbonyl (C=O) groups is 2. The van der Waals surface area contributed by atoms with Gasteiger partial charge in [0.25, 0.3) is 0 Å². The van der Waals surface area contributed by atoms with E-state index in [0.29, 0.717) is 23.4 Å². The van der Waals surface area contributed by atoms with Gasteiger partial charge in [-0.3, -0.25) is 0 Å². The van der Waals surface area contributed by atoms with Crippen LogP contribution in [-0.2, 0) is 9.47 Å². The van der Waals surface area contributed by atoms with E-state index in [1.165, 1.54) is 0 Å². The summed E-state index contributed by atoms with van der Waals surface area (Å²) in [7, 11) is 0. The van der Waals surface area contributed by atoms with Gasteiger partial charge in [-0.1, -0.05) is 54.0 Å². The largest absolute Gasteiger partial charge is 1.00 e. The Labute approximate surface area is 317 Å². The first kappa shape index (κ1) is 51.5. The number of carbonyl (C=O) groups excluding carboxylic acids is 2. The topological polar surface area (TPSA) is 130 Å². The number of nitrogens with zero attached hydrogens (tertiary/aromatic N) is 5. The Kier molecular flexibility index (Phi) is 27.6. The minimum atomic E-state index is -0.452. The van der Waals surface area contributed by atoms with Crippen LogP contribution in [0.15, 0.2) is 41.1 Å². The van der Waals surface area contributed by atoms with Gasteiger partial charge in [0.05, 0.1) is 0 Å². The first-order valence-electron chi connectivity index (χ1n) is 13.4. The summed E-state index contributed by atoms with van der Waals surface area (Å²) in [4.78, 5) is 36.9. The summed E-state index contributed by atoms with van der Waals surface area (Å²) >= 11 is 14.6. The number of hydrogen-bond acceptors (Lipinski definition) is 9. The van der Waals surface area contributed by atoms with Crippen molar-refractivity contribution in [3.8, 4) is 0 Å². The van der Waals surface area contributed by atoms with Crippen LogP contribution >= 0.6 is 39.1 Å². The predicted octanol–water partition coefficient (Wildman–Crippen LogP) is 4.67. The van der Waals surface area contributed by atoms with Gasteiger partial charge in [0, 0.05) is 74.9 Å². The second-order valence-electron chi connectivity index (χ2n) is 11.3. The molecule has 0 unspecified atom stereocenters. The van der Waals surface area contributed by atoms with Crippen LogP contribution in [0.4, 0.5) is 15.3 Å². The van der Waals surface area contributed by atoms with Gasteiger partial charge in [0.15, 0.2) is 0 Å². The van der Waals surface area contributed by atoms with E-state index in [1.54, 1.807) is 28.3 Å². The Balaban J connectivity index is -0.000000297. The normalized spacial score (nSPS) is 13.9. The molecule has 0 aliphatic carbocycles. The summed E-state index contributed by atoms with van der Waals surface area (Å²) < 4.78 is 11.6. The number of rotatable bonds is 1. The van der Waals surface area contributed by atoms with Gasteiger partial charge >= 0.3 is 41.7 Å². The minimum Gasteiger partial charge on any atom is -0.870 e. The molecule has 0 bridgehead atoms. The summed E-state index contributed by atoms with van der Waals surface area (Å²) in [5.74, 6) is 0. The van der Waals surface area contributed by atoms with Crippen molar-refractivity contribution in [1.82, 2.24) is 25.1 Å². The van der Waals surface area contributed by atoms with Crippen LogP contribution in [0.1, 0.15) is 56.4 Å². The van der Waals surface area contributed by atoms with Crippen molar-refractivity contribution in [3.05, 3.63) is 58.9 Å². The van der Waals surface area contributed by atoms with Crippen molar-refractivity contribution < 1.29 is 54.1 Å². The Bertz CT molecular complexity index is 1110. The quantitative estimate of drug-likeness (QED) is 0.251. The summed E-state index contributed by atoms with van der Waals surface area (Å²) in [5.41, 5.74) is 0.197. The molecule has 0 saturated carbocycles. The van der Waals surface area contributed by atoms with E-state index in [9.17, 15) is 9.59 Å². The number of piperazine rings is 2. The van der Waals surface area contributed by atoms with Crippen molar-refractivity contribution in [2.75, 3.05) is 57.3 Å². The van der Waals surface area contributed by atoms with Crippen LogP contribution in [0.5, 0.6) is 0 Å². The maximum Gasteiger partial charge on any atom is 1.00 e. The fraction of sp³-hybridized carbons (Fsp3) is 0.581. The fourth-order valence-electron chi connectivity index (χ4n) is 3.62. The summed E-state index contributed by atoms with van der Waals surface area (Å²) in [6.07, 6.45) is 2.89. The van der Waals surface area contributed by atoms with E-state index < -0.39 is 5.60 Å². The van der Waals surface area contributed by atoms with Gasteiger partial charge in [-0.15, -0.1) is 0 Å². The molecule has 2 aromatic rings. The van der Waals surface area contributed by atoms with Crippen molar-refractivity contribution >= 4 is 57.0 Å². The smallest absolute Gasteiger partial charge is 0.870 e. The second-order valence-corrected chi connectivity index (χ2v) is 13.0. The third kappa shape index (κ3) is 21.5. The first-order chi connectivity index (χ1) is 19.1. The second kappa shape index (κ2) is 24.7. The maximum absolute atomic E-state index is 12.0. The van der Waals surface area contributed by atoms with E-state index in [1.807, 2.05) is 59.7 Å². The van der Waals surface area contributed by atoms with E-state index in [4.69, 9.17) is 32.7 Å². The predicted molar refractivity (Wildman–Crippen MR) is 189 cm³/mol. The molecule has 2 amide bonds.